The van der Waals surface area contributed by atoms with Crippen LogP contribution in [0.4, 0.5) is 11.4 Å². The first kappa shape index (κ1) is 23.2. The summed E-state index contributed by atoms with van der Waals surface area (Å²) < 4.78 is 11.4. The first-order chi connectivity index (χ1) is 16.1. The number of likely N-dealkylation sites (tertiary alicyclic amines) is 1. The highest BCUT2D eigenvalue weighted by molar-refractivity contribution is 5.99. The van der Waals surface area contributed by atoms with Gasteiger partial charge in [0.25, 0.3) is 5.69 Å². The summed E-state index contributed by atoms with van der Waals surface area (Å²) in [5.74, 6) is 0.652. The maximum atomic E-state index is 13.4. The van der Waals surface area contributed by atoms with Gasteiger partial charge in [0.1, 0.15) is 12.4 Å². The fourth-order valence-electron chi connectivity index (χ4n) is 4.63. The fourth-order valence-corrected chi connectivity index (χ4v) is 4.63. The topological polar surface area (TPSA) is 93.9 Å². The molecule has 0 aromatic heterocycles. The smallest absolute Gasteiger partial charge is 0.269 e. The van der Waals surface area contributed by atoms with Crippen LogP contribution in [0.2, 0.25) is 0 Å². The van der Waals surface area contributed by atoms with Gasteiger partial charge in [0.05, 0.1) is 10.3 Å². The van der Waals surface area contributed by atoms with E-state index in [0.29, 0.717) is 38.3 Å². The molecule has 176 valence electrons. The third-order valence-corrected chi connectivity index (χ3v) is 6.65. The van der Waals surface area contributed by atoms with Crippen molar-refractivity contribution in [2.75, 3.05) is 44.8 Å². The summed E-state index contributed by atoms with van der Waals surface area (Å²) in [4.78, 5) is 26.4. The number of benzene rings is 2. The number of carbonyl (C=O) groups is 1. The van der Waals surface area contributed by atoms with Gasteiger partial charge >= 0.3 is 0 Å². The number of hydrogen-bond acceptors (Lipinski definition) is 6. The Labute approximate surface area is 194 Å². The van der Waals surface area contributed by atoms with Gasteiger partial charge in [-0.05, 0) is 68.6 Å². The number of rotatable bonds is 8. The molecular weight excluding hydrogens is 422 g/mol. The van der Waals surface area contributed by atoms with Gasteiger partial charge in [-0.1, -0.05) is 18.6 Å². The van der Waals surface area contributed by atoms with Gasteiger partial charge in [-0.15, -0.1) is 0 Å². The van der Waals surface area contributed by atoms with E-state index in [4.69, 9.17) is 9.47 Å². The first-order valence-electron chi connectivity index (χ1n) is 11.7. The number of ether oxygens (including phenoxy) is 2. The van der Waals surface area contributed by atoms with Crippen LogP contribution < -0.4 is 10.1 Å². The third kappa shape index (κ3) is 5.69. The number of nitrogens with one attached hydrogen (secondary N) is 1. The Kier molecular flexibility index (Phi) is 7.57. The quantitative estimate of drug-likeness (QED) is 0.477. The molecule has 2 saturated heterocycles. The second-order valence-corrected chi connectivity index (χ2v) is 8.73. The van der Waals surface area contributed by atoms with Crippen molar-refractivity contribution in [1.29, 1.82) is 0 Å². The predicted octanol–water partition coefficient (Wildman–Crippen LogP) is 4.15. The van der Waals surface area contributed by atoms with E-state index in [1.165, 1.54) is 31.4 Å². The summed E-state index contributed by atoms with van der Waals surface area (Å²) in [5.41, 5.74) is 0.691. The molecule has 0 aliphatic carbocycles. The fraction of sp³-hybridized carbons (Fsp3) is 0.480. The Morgan fingerprint density at radius 3 is 2.33 bits per heavy atom. The van der Waals surface area contributed by atoms with Crippen molar-refractivity contribution in [3.8, 4) is 5.75 Å². The van der Waals surface area contributed by atoms with E-state index < -0.39 is 10.3 Å². The van der Waals surface area contributed by atoms with Crippen molar-refractivity contribution in [2.24, 2.45) is 0 Å². The van der Waals surface area contributed by atoms with Crippen LogP contribution >= 0.6 is 0 Å². The number of amides is 1. The minimum Gasteiger partial charge on any atom is -0.492 e. The Morgan fingerprint density at radius 2 is 1.70 bits per heavy atom. The van der Waals surface area contributed by atoms with Crippen LogP contribution in [0.3, 0.4) is 0 Å². The summed E-state index contributed by atoms with van der Waals surface area (Å²) in [6, 6.07) is 13.7. The SMILES string of the molecule is O=C(Nc1ccc(OCCN2CCCCC2)cc1)C1(c2ccc([N+](=O)[O-])cc2)CCOCC1. The van der Waals surface area contributed by atoms with E-state index >= 15 is 0 Å². The zero-order chi connectivity index (χ0) is 23.1. The Bertz CT molecular complexity index is 934. The van der Waals surface area contributed by atoms with Crippen LogP contribution in [0.25, 0.3) is 0 Å². The molecule has 2 aliphatic rings. The lowest BCUT2D eigenvalue weighted by molar-refractivity contribution is -0.384. The molecule has 2 fully saturated rings. The van der Waals surface area contributed by atoms with Gasteiger partial charge in [0.2, 0.25) is 5.91 Å². The molecule has 2 heterocycles. The van der Waals surface area contributed by atoms with Crippen LogP contribution in [0.1, 0.15) is 37.7 Å². The molecule has 1 amide bonds. The zero-order valence-electron chi connectivity index (χ0n) is 18.8. The van der Waals surface area contributed by atoms with Crippen LogP contribution in [0, 0.1) is 10.1 Å². The minimum atomic E-state index is -0.781. The molecule has 0 unspecified atom stereocenters. The number of nitro groups is 1. The van der Waals surface area contributed by atoms with Gasteiger partial charge in [-0.25, -0.2) is 0 Å². The van der Waals surface area contributed by atoms with E-state index in [0.717, 1.165) is 30.9 Å². The Morgan fingerprint density at radius 1 is 1.03 bits per heavy atom. The molecule has 0 atom stereocenters. The van der Waals surface area contributed by atoms with Crippen molar-refractivity contribution in [2.45, 2.75) is 37.5 Å². The monoisotopic (exact) mass is 453 g/mol. The molecule has 8 heteroatoms. The Balaban J connectivity index is 1.38. The first-order valence-corrected chi connectivity index (χ1v) is 11.7. The molecule has 0 radical (unpaired) electrons. The highest BCUT2D eigenvalue weighted by Gasteiger charge is 2.42. The van der Waals surface area contributed by atoms with Crippen molar-refractivity contribution >= 4 is 17.3 Å². The van der Waals surface area contributed by atoms with Gasteiger partial charge in [0.15, 0.2) is 0 Å². The lowest BCUT2D eigenvalue weighted by Crippen LogP contribution is -2.44. The maximum Gasteiger partial charge on any atom is 0.269 e. The second kappa shape index (κ2) is 10.8. The van der Waals surface area contributed by atoms with E-state index in [1.54, 1.807) is 12.1 Å². The lowest BCUT2D eigenvalue weighted by Gasteiger charge is -2.36. The zero-order valence-corrected chi connectivity index (χ0v) is 18.8. The maximum absolute atomic E-state index is 13.4. The summed E-state index contributed by atoms with van der Waals surface area (Å²) in [5, 5.41) is 14.0. The molecule has 0 spiro atoms. The number of nitrogens with zero attached hydrogens (tertiary/aromatic N) is 2. The number of carbonyl (C=O) groups excluding carboxylic acids is 1. The van der Waals surface area contributed by atoms with Crippen LogP contribution in [0.5, 0.6) is 5.75 Å². The van der Waals surface area contributed by atoms with Gasteiger partial charge in [-0.3, -0.25) is 19.8 Å². The third-order valence-electron chi connectivity index (χ3n) is 6.65. The number of anilines is 1. The van der Waals surface area contributed by atoms with Crippen molar-refractivity contribution < 1.29 is 19.2 Å². The molecule has 1 N–H and O–H groups in total. The number of hydrogen-bond donors (Lipinski definition) is 1. The van der Waals surface area contributed by atoms with E-state index in [1.807, 2.05) is 24.3 Å². The summed E-state index contributed by atoms with van der Waals surface area (Å²) in [7, 11) is 0. The predicted molar refractivity (Wildman–Crippen MR) is 126 cm³/mol. The largest absolute Gasteiger partial charge is 0.492 e. The number of nitro benzene ring substituents is 1. The molecule has 2 aromatic rings. The van der Waals surface area contributed by atoms with Crippen LogP contribution in [0.15, 0.2) is 48.5 Å². The molecule has 2 aliphatic heterocycles. The van der Waals surface area contributed by atoms with Crippen molar-refractivity contribution in [3.63, 3.8) is 0 Å². The standard InChI is InChI=1S/C25H31N3O5/c29-24(25(12-17-32-18-13-25)20-4-8-22(9-5-20)28(30)31)26-21-6-10-23(11-7-21)33-19-16-27-14-2-1-3-15-27/h4-11H,1-3,12-19H2,(H,26,29). The average Bonchev–Trinajstić information content (AvgIpc) is 2.86. The Hall–Kier alpha value is -2.97. The second-order valence-electron chi connectivity index (χ2n) is 8.73. The highest BCUT2D eigenvalue weighted by Crippen LogP contribution is 2.37. The summed E-state index contributed by atoms with van der Waals surface area (Å²) >= 11 is 0. The number of non-ortho nitro benzene ring substituents is 1. The summed E-state index contributed by atoms with van der Waals surface area (Å²) in [6.45, 7) is 4.81. The molecule has 0 saturated carbocycles. The van der Waals surface area contributed by atoms with E-state index in [2.05, 4.69) is 10.2 Å². The van der Waals surface area contributed by atoms with Gasteiger partial charge in [0, 0.05) is 37.6 Å². The molecule has 33 heavy (non-hydrogen) atoms. The van der Waals surface area contributed by atoms with Crippen LogP contribution in [-0.2, 0) is 14.9 Å². The molecule has 4 rings (SSSR count). The van der Waals surface area contributed by atoms with Gasteiger partial charge in [-0.2, -0.15) is 0 Å². The van der Waals surface area contributed by atoms with Gasteiger partial charge < -0.3 is 14.8 Å². The van der Waals surface area contributed by atoms with Crippen molar-refractivity contribution in [1.82, 2.24) is 4.90 Å². The molecule has 8 nitrogen and oxygen atoms in total. The van der Waals surface area contributed by atoms with Crippen LogP contribution in [-0.4, -0.2) is 55.2 Å². The summed E-state index contributed by atoms with van der Waals surface area (Å²) in [6.07, 6.45) is 4.90. The number of piperidine rings is 1. The highest BCUT2D eigenvalue weighted by atomic mass is 16.6. The van der Waals surface area contributed by atoms with Crippen molar-refractivity contribution in [3.05, 3.63) is 64.2 Å². The molecular formula is C25H31N3O5. The van der Waals surface area contributed by atoms with E-state index in [9.17, 15) is 14.9 Å². The lowest BCUT2D eigenvalue weighted by atomic mass is 9.73. The normalized spacial score (nSPS) is 18.4. The molecule has 0 bridgehead atoms. The average molecular weight is 454 g/mol. The minimum absolute atomic E-state index is 0.0113. The molecule has 2 aromatic carbocycles. The van der Waals surface area contributed by atoms with E-state index in [-0.39, 0.29) is 11.6 Å².